The van der Waals surface area contributed by atoms with Gasteiger partial charge in [-0.1, -0.05) is 39.3 Å². The van der Waals surface area contributed by atoms with E-state index in [9.17, 15) is 46.0 Å². The average molecular weight is 871 g/mol. The van der Waals surface area contributed by atoms with Crippen LogP contribution in [0.5, 0.6) is 0 Å². The first-order chi connectivity index (χ1) is 28.9. The normalized spacial score (nSPS) is 58.4. The molecule has 4 aliphatic carbocycles. The van der Waals surface area contributed by atoms with Crippen molar-refractivity contribution >= 4 is 0 Å². The number of aliphatic hydroxyl groups is 9. The summed E-state index contributed by atoms with van der Waals surface area (Å²) < 4.78 is 49.3. The molecule has 7 unspecified atom stereocenters. The minimum absolute atomic E-state index is 0.0375. The fourth-order valence-corrected chi connectivity index (χ4v) is 13.8. The second kappa shape index (κ2) is 16.7. The van der Waals surface area contributed by atoms with Gasteiger partial charge < -0.3 is 83.9 Å². The van der Waals surface area contributed by atoms with E-state index in [1.165, 1.54) is 12.5 Å². The van der Waals surface area contributed by atoms with E-state index in [-0.39, 0.29) is 16.9 Å². The van der Waals surface area contributed by atoms with Gasteiger partial charge in [-0.15, -0.1) is 0 Å². The van der Waals surface area contributed by atoms with Crippen LogP contribution in [-0.2, 0) is 37.9 Å². The van der Waals surface area contributed by atoms with E-state index in [0.29, 0.717) is 48.3 Å². The van der Waals surface area contributed by atoms with Gasteiger partial charge in [0.2, 0.25) is 0 Å². The Morgan fingerprint density at radius 3 is 2.11 bits per heavy atom. The van der Waals surface area contributed by atoms with E-state index in [4.69, 9.17) is 37.9 Å². The van der Waals surface area contributed by atoms with E-state index in [0.717, 1.165) is 51.6 Å². The Kier molecular flexibility index (Phi) is 12.4. The van der Waals surface area contributed by atoms with Crippen molar-refractivity contribution in [3.63, 3.8) is 0 Å². The van der Waals surface area contributed by atoms with Crippen LogP contribution in [0.15, 0.2) is 11.6 Å². The predicted octanol–water partition coefficient (Wildman–Crippen LogP) is 0.172. The van der Waals surface area contributed by atoms with Crippen molar-refractivity contribution in [1.82, 2.24) is 0 Å². The summed E-state index contributed by atoms with van der Waals surface area (Å²) in [4.78, 5) is 0. The maximum Gasteiger partial charge on any atom is 0.189 e. The number of ether oxygens (including phenoxy) is 8. The van der Waals surface area contributed by atoms with Gasteiger partial charge in [0.05, 0.1) is 31.5 Å². The van der Waals surface area contributed by atoms with Gasteiger partial charge in [0.1, 0.15) is 61.0 Å². The molecule has 9 aliphatic rings. The minimum atomic E-state index is -1.94. The number of allylic oxidation sites excluding steroid dienone is 1. The van der Waals surface area contributed by atoms with Crippen LogP contribution in [0, 0.1) is 46.3 Å². The molecule has 0 aromatic heterocycles. The SMILES string of the molecule is CC1O[C@@H](O[C@H]2C(O)[C@H](O[C@@H]3OC(O)[C@H](O)C(O)[C@@H]3O)C(CO)O[C@H]2OC2CC[C@@]3(C)C(=CC[C@H]4[C@@H]5C[C@@H]6O[C@]7(CC[C@@H](C)CO7)[C@@H](C)[C@@H]6[C@@]5(C)CC[C@@H]43)C2)[C@@H](O)C(O)[C@H]1O. The summed E-state index contributed by atoms with van der Waals surface area (Å²) >= 11 is 0. The Morgan fingerprint density at radius 1 is 0.705 bits per heavy atom. The topological polar surface area (TPSA) is 256 Å². The Hall–Kier alpha value is -0.940. The second-order valence-corrected chi connectivity index (χ2v) is 20.7. The van der Waals surface area contributed by atoms with Crippen molar-refractivity contribution < 1.29 is 83.9 Å². The van der Waals surface area contributed by atoms with Crippen LogP contribution in [-0.4, -0.2) is 169 Å². The minimum Gasteiger partial charge on any atom is -0.394 e. The van der Waals surface area contributed by atoms with Crippen molar-refractivity contribution in [1.29, 1.82) is 0 Å². The third kappa shape index (κ3) is 7.41. The monoisotopic (exact) mass is 870 g/mol. The first kappa shape index (κ1) is 45.2. The van der Waals surface area contributed by atoms with Crippen molar-refractivity contribution in [2.75, 3.05) is 13.2 Å². The smallest absolute Gasteiger partial charge is 0.189 e. The van der Waals surface area contributed by atoms with Crippen molar-refractivity contribution in [3.05, 3.63) is 11.6 Å². The summed E-state index contributed by atoms with van der Waals surface area (Å²) in [5.41, 5.74) is 1.48. The molecule has 9 N–H and O–H groups in total. The highest BCUT2D eigenvalue weighted by Crippen LogP contribution is 2.70. The first-order valence-corrected chi connectivity index (χ1v) is 22.9. The van der Waals surface area contributed by atoms with Crippen LogP contribution >= 0.6 is 0 Å². The molecule has 9 rings (SSSR count). The highest BCUT2D eigenvalue weighted by Gasteiger charge is 2.69. The van der Waals surface area contributed by atoms with Crippen LogP contribution in [0.3, 0.4) is 0 Å². The van der Waals surface area contributed by atoms with Gasteiger partial charge in [0, 0.05) is 12.3 Å². The third-order valence-corrected chi connectivity index (χ3v) is 17.4. The Morgan fingerprint density at radius 2 is 1.41 bits per heavy atom. The lowest BCUT2D eigenvalue weighted by Gasteiger charge is -2.58. The van der Waals surface area contributed by atoms with Crippen LogP contribution in [0.4, 0.5) is 0 Å². The maximum atomic E-state index is 11.9. The highest BCUT2D eigenvalue weighted by atomic mass is 16.8. The van der Waals surface area contributed by atoms with Crippen LogP contribution in [0.25, 0.3) is 0 Å². The number of fused-ring (bicyclic) bond motifs is 7. The summed E-state index contributed by atoms with van der Waals surface area (Å²) in [6.45, 7) is 11.1. The molecule has 61 heavy (non-hydrogen) atoms. The molecule has 0 bridgehead atoms. The van der Waals surface area contributed by atoms with Gasteiger partial charge in [-0.2, -0.15) is 0 Å². The zero-order valence-electron chi connectivity index (χ0n) is 35.9. The van der Waals surface area contributed by atoms with E-state index >= 15 is 0 Å². The van der Waals surface area contributed by atoms with Gasteiger partial charge in [-0.05, 0) is 98.7 Å². The van der Waals surface area contributed by atoms with Crippen LogP contribution in [0.2, 0.25) is 0 Å². The Labute approximate surface area is 357 Å². The molecule has 0 aromatic rings. The number of rotatable bonds is 7. The molecule has 348 valence electrons. The van der Waals surface area contributed by atoms with Gasteiger partial charge in [-0.25, -0.2) is 0 Å². The van der Waals surface area contributed by atoms with Crippen LogP contribution in [0.1, 0.15) is 92.4 Å². The molecule has 17 heteroatoms. The van der Waals surface area contributed by atoms with E-state index in [2.05, 4.69) is 33.8 Å². The molecule has 3 saturated carbocycles. The molecule has 8 fully saturated rings. The molecule has 5 aliphatic heterocycles. The molecule has 5 saturated heterocycles. The van der Waals surface area contributed by atoms with E-state index in [1.54, 1.807) is 0 Å². The number of aliphatic hydroxyl groups excluding tert-OH is 9. The third-order valence-electron chi connectivity index (χ3n) is 17.4. The lowest BCUT2D eigenvalue weighted by atomic mass is 9.47. The first-order valence-electron chi connectivity index (χ1n) is 22.9. The van der Waals surface area contributed by atoms with Gasteiger partial charge >= 0.3 is 0 Å². The zero-order valence-corrected chi connectivity index (χ0v) is 35.9. The Balaban J connectivity index is 0.916. The van der Waals surface area contributed by atoms with Crippen LogP contribution < -0.4 is 0 Å². The Bertz CT molecular complexity index is 1590. The zero-order chi connectivity index (χ0) is 43.5. The molecule has 1 spiro atoms. The highest BCUT2D eigenvalue weighted by molar-refractivity contribution is 5.26. The molecular formula is C44H70O17. The average Bonchev–Trinajstić information content (AvgIpc) is 3.69. The quantitative estimate of drug-likeness (QED) is 0.155. The summed E-state index contributed by atoms with van der Waals surface area (Å²) in [5.74, 6) is 2.56. The molecular weight excluding hydrogens is 800 g/mol. The summed E-state index contributed by atoms with van der Waals surface area (Å²) in [5, 5.41) is 95.3. The fourth-order valence-electron chi connectivity index (χ4n) is 13.8. The largest absolute Gasteiger partial charge is 0.394 e. The fraction of sp³-hybridized carbons (Fsp3) is 0.955. The van der Waals surface area contributed by atoms with Gasteiger partial charge in [0.25, 0.3) is 0 Å². The maximum absolute atomic E-state index is 11.9. The van der Waals surface area contributed by atoms with Crippen molar-refractivity contribution in [2.45, 2.75) is 203 Å². The summed E-state index contributed by atoms with van der Waals surface area (Å²) in [7, 11) is 0. The lowest BCUT2D eigenvalue weighted by molar-refractivity contribution is -0.397. The van der Waals surface area contributed by atoms with Gasteiger partial charge in [-0.3, -0.25) is 0 Å². The van der Waals surface area contributed by atoms with Gasteiger partial charge in [0.15, 0.2) is 30.9 Å². The number of hydrogen-bond acceptors (Lipinski definition) is 17. The molecule has 0 radical (unpaired) electrons. The van der Waals surface area contributed by atoms with E-state index in [1.807, 2.05) is 0 Å². The molecule has 0 aromatic carbocycles. The van der Waals surface area contributed by atoms with Crippen molar-refractivity contribution in [3.8, 4) is 0 Å². The summed E-state index contributed by atoms with van der Waals surface area (Å²) in [6.07, 6.45) is -13.2. The van der Waals surface area contributed by atoms with Crippen molar-refractivity contribution in [2.24, 2.45) is 46.3 Å². The predicted molar refractivity (Wildman–Crippen MR) is 209 cm³/mol. The molecule has 17 nitrogen and oxygen atoms in total. The second-order valence-electron chi connectivity index (χ2n) is 20.7. The molecule has 0 amide bonds. The summed E-state index contributed by atoms with van der Waals surface area (Å²) in [6, 6.07) is 0. The number of hydrogen-bond donors (Lipinski definition) is 9. The molecule has 5 heterocycles. The molecule has 26 atom stereocenters. The van der Waals surface area contributed by atoms with E-state index < -0.39 is 111 Å². The standard InChI is InChI=1S/C44H70O17/c1-18-8-13-44(54-17-18)19(2)28-26(61-44)15-25-23-7-6-21-14-22(9-11-42(21,4)24(23)10-12-43(25,28)5)56-41-37(59-39-33(50)30(47)29(46)20(3)55-39)35(52)36(27(16-45)57-41)58-40-34(51)31(48)32(49)38(53)60-40/h6,18-20,22-41,45-53H,7-17H2,1-5H3/t18-,19+,20?,22?,23-,24+,25+,26+,27?,28+,29+,30?,31?,32-,33+,34+,35?,36-,37+,38?,39+,40-,41-,42+,43+,44-/m1/s1. The lowest BCUT2D eigenvalue weighted by Crippen LogP contribution is -2.66.